The van der Waals surface area contributed by atoms with Crippen LogP contribution >= 0.6 is 11.6 Å². The van der Waals surface area contributed by atoms with Crippen molar-refractivity contribution in [3.05, 3.63) is 34.4 Å². The minimum absolute atomic E-state index is 0.219. The average molecular weight is 320 g/mol. The maximum Gasteiger partial charge on any atom is 0.429 e. The van der Waals surface area contributed by atoms with E-state index in [9.17, 15) is 13.2 Å². The quantitative estimate of drug-likeness (QED) is 0.812. The monoisotopic (exact) mass is 319 g/mol. The van der Waals surface area contributed by atoms with Crippen molar-refractivity contribution in [2.75, 3.05) is 7.05 Å². The van der Waals surface area contributed by atoms with Gasteiger partial charge in [-0.25, -0.2) is 0 Å². The van der Waals surface area contributed by atoms with Gasteiger partial charge < -0.3 is 4.74 Å². The summed E-state index contributed by atoms with van der Waals surface area (Å²) in [5, 5.41) is 0.528. The molecule has 0 bridgehead atoms. The van der Waals surface area contributed by atoms with E-state index < -0.39 is 12.3 Å². The largest absolute Gasteiger partial charge is 0.476 e. The third-order valence-electron chi connectivity index (χ3n) is 3.51. The van der Waals surface area contributed by atoms with Crippen LogP contribution in [0.25, 0.3) is 6.08 Å². The van der Waals surface area contributed by atoms with Crippen molar-refractivity contribution in [1.29, 1.82) is 0 Å². The van der Waals surface area contributed by atoms with E-state index >= 15 is 0 Å². The summed E-state index contributed by atoms with van der Waals surface area (Å²) in [6, 6.07) is 3.54. The summed E-state index contributed by atoms with van der Waals surface area (Å²) >= 11 is 6.20. The Balaban J connectivity index is 2.28. The highest BCUT2D eigenvalue weighted by Gasteiger charge is 2.41. The number of hydrogen-bond acceptors (Lipinski definition) is 2. The number of hydrogen-bond donors (Lipinski definition) is 0. The first kappa shape index (κ1) is 16.2. The van der Waals surface area contributed by atoms with E-state index in [0.29, 0.717) is 23.2 Å². The molecule has 0 N–H and O–H groups in total. The molecule has 0 fully saturated rings. The topological polar surface area (TPSA) is 12.5 Å². The normalized spacial score (nSPS) is 18.0. The number of ether oxygens (including phenoxy) is 1. The zero-order valence-corrected chi connectivity index (χ0v) is 12.8. The highest BCUT2D eigenvalue weighted by molar-refractivity contribution is 6.31. The lowest BCUT2D eigenvalue weighted by atomic mass is 10.1. The first-order valence-electron chi connectivity index (χ1n) is 6.62. The van der Waals surface area contributed by atoms with Crippen LogP contribution in [0.5, 0.6) is 5.75 Å². The van der Waals surface area contributed by atoms with Crippen LogP contribution in [0.1, 0.15) is 25.0 Å². The van der Waals surface area contributed by atoms with Crippen LogP contribution in [0.4, 0.5) is 13.2 Å². The zero-order chi connectivity index (χ0) is 15.8. The Morgan fingerprint density at radius 1 is 1.33 bits per heavy atom. The van der Waals surface area contributed by atoms with Gasteiger partial charge in [0.25, 0.3) is 0 Å². The number of rotatable bonds is 3. The molecule has 1 heterocycles. The Morgan fingerprint density at radius 3 is 2.57 bits per heavy atom. The van der Waals surface area contributed by atoms with Crippen LogP contribution in [0, 0.1) is 0 Å². The first-order chi connectivity index (χ1) is 9.68. The second-order valence-electron chi connectivity index (χ2n) is 5.43. The van der Waals surface area contributed by atoms with Crippen molar-refractivity contribution >= 4 is 17.7 Å². The van der Waals surface area contributed by atoms with E-state index in [2.05, 4.69) is 0 Å². The highest BCUT2D eigenvalue weighted by atomic mass is 35.5. The smallest absolute Gasteiger partial charge is 0.429 e. The van der Waals surface area contributed by atoms with Gasteiger partial charge in [-0.1, -0.05) is 17.7 Å². The molecule has 116 valence electrons. The molecule has 0 spiro atoms. The Kier molecular flexibility index (Phi) is 4.54. The van der Waals surface area contributed by atoms with Crippen molar-refractivity contribution in [2.24, 2.45) is 0 Å². The average Bonchev–Trinajstić information content (AvgIpc) is 2.37. The lowest BCUT2D eigenvalue weighted by molar-refractivity contribution is -0.180. The molecule has 0 aliphatic carbocycles. The molecule has 2 nitrogen and oxygen atoms in total. The molecule has 0 saturated heterocycles. The van der Waals surface area contributed by atoms with E-state index in [1.807, 2.05) is 25.8 Å². The summed E-state index contributed by atoms with van der Waals surface area (Å²) in [6.07, 6.45) is -3.91. The molecule has 1 aromatic carbocycles. The summed E-state index contributed by atoms with van der Waals surface area (Å²) in [7, 11) is 1.93. The minimum atomic E-state index is -4.41. The number of halogens is 4. The van der Waals surface area contributed by atoms with Gasteiger partial charge in [-0.05, 0) is 44.7 Å². The number of nitrogens with zero attached hydrogens (tertiary/aromatic N) is 1. The van der Waals surface area contributed by atoms with Crippen LogP contribution in [0.2, 0.25) is 5.02 Å². The molecular formula is C15H17ClF3NO. The lowest BCUT2D eigenvalue weighted by Gasteiger charge is -2.26. The van der Waals surface area contributed by atoms with Gasteiger partial charge in [0.1, 0.15) is 5.75 Å². The fourth-order valence-corrected chi connectivity index (χ4v) is 2.19. The van der Waals surface area contributed by atoms with Gasteiger partial charge in [-0.15, -0.1) is 0 Å². The van der Waals surface area contributed by atoms with Gasteiger partial charge in [0, 0.05) is 23.2 Å². The summed E-state index contributed by atoms with van der Waals surface area (Å²) < 4.78 is 43.2. The van der Waals surface area contributed by atoms with Gasteiger partial charge in [-0.3, -0.25) is 4.90 Å². The standard InChI is InChI=1S/C15H17ClF3NO/c1-9(2)20(3)8-11-7-13-10(6-12(11)16)4-5-14(21-13)15(17,18)19/h4-7,9,14H,8H2,1-3H3. The van der Waals surface area contributed by atoms with Crippen molar-refractivity contribution in [3.8, 4) is 5.75 Å². The molecule has 0 amide bonds. The van der Waals surface area contributed by atoms with Crippen LogP contribution < -0.4 is 4.74 Å². The maximum atomic E-state index is 12.7. The van der Waals surface area contributed by atoms with E-state index in [0.717, 1.165) is 11.6 Å². The Hall–Kier alpha value is -1.20. The van der Waals surface area contributed by atoms with E-state index in [-0.39, 0.29) is 5.75 Å². The second kappa shape index (κ2) is 5.89. The molecule has 1 atom stereocenters. The molecule has 1 aliphatic heterocycles. The fourth-order valence-electron chi connectivity index (χ4n) is 1.96. The predicted octanol–water partition coefficient (Wildman–Crippen LogP) is 4.52. The van der Waals surface area contributed by atoms with E-state index in [4.69, 9.17) is 16.3 Å². The van der Waals surface area contributed by atoms with Crippen LogP contribution in [0.3, 0.4) is 0 Å². The molecule has 6 heteroatoms. The molecule has 1 aliphatic rings. The van der Waals surface area contributed by atoms with Gasteiger partial charge in [0.05, 0.1) is 0 Å². The van der Waals surface area contributed by atoms with Gasteiger partial charge in [-0.2, -0.15) is 13.2 Å². The van der Waals surface area contributed by atoms with Crippen LogP contribution in [-0.2, 0) is 6.54 Å². The van der Waals surface area contributed by atoms with Crippen molar-refractivity contribution in [1.82, 2.24) is 4.90 Å². The summed E-state index contributed by atoms with van der Waals surface area (Å²) in [5.41, 5.74) is 1.32. The minimum Gasteiger partial charge on any atom is -0.476 e. The molecule has 1 aromatic rings. The SMILES string of the molecule is CC(C)N(C)Cc1cc2c(cc1Cl)C=CC(C(F)(F)F)O2. The molecule has 2 rings (SSSR count). The van der Waals surface area contributed by atoms with Crippen LogP contribution in [0.15, 0.2) is 18.2 Å². The molecule has 1 unspecified atom stereocenters. The van der Waals surface area contributed by atoms with Crippen molar-refractivity contribution < 1.29 is 17.9 Å². The summed E-state index contributed by atoms with van der Waals surface area (Å²) in [5.74, 6) is 0.219. The lowest BCUT2D eigenvalue weighted by Crippen LogP contribution is -2.34. The van der Waals surface area contributed by atoms with Crippen molar-refractivity contribution in [3.63, 3.8) is 0 Å². The van der Waals surface area contributed by atoms with E-state index in [1.165, 1.54) is 6.08 Å². The highest BCUT2D eigenvalue weighted by Crippen LogP contribution is 2.36. The molecule has 0 saturated carbocycles. The molecule has 21 heavy (non-hydrogen) atoms. The summed E-state index contributed by atoms with van der Waals surface area (Å²) in [6.45, 7) is 4.62. The van der Waals surface area contributed by atoms with Gasteiger partial charge >= 0.3 is 6.18 Å². The van der Waals surface area contributed by atoms with Gasteiger partial charge in [0.2, 0.25) is 6.10 Å². The fraction of sp³-hybridized carbons (Fsp3) is 0.467. The second-order valence-corrected chi connectivity index (χ2v) is 5.84. The molecular weight excluding hydrogens is 303 g/mol. The Bertz CT molecular complexity index is 555. The number of benzene rings is 1. The third-order valence-corrected chi connectivity index (χ3v) is 3.86. The Morgan fingerprint density at radius 2 is 2.00 bits per heavy atom. The number of alkyl halides is 3. The Labute approximate surface area is 127 Å². The molecule has 0 radical (unpaired) electrons. The summed E-state index contributed by atoms with van der Waals surface area (Å²) in [4.78, 5) is 2.05. The van der Waals surface area contributed by atoms with E-state index in [1.54, 1.807) is 12.1 Å². The van der Waals surface area contributed by atoms with Gasteiger partial charge in [0.15, 0.2) is 0 Å². The first-order valence-corrected chi connectivity index (χ1v) is 7.00. The number of fused-ring (bicyclic) bond motifs is 1. The zero-order valence-electron chi connectivity index (χ0n) is 12.0. The third kappa shape index (κ3) is 3.71. The van der Waals surface area contributed by atoms with Crippen LogP contribution in [-0.4, -0.2) is 30.3 Å². The maximum absolute atomic E-state index is 12.7. The van der Waals surface area contributed by atoms with Crippen molar-refractivity contribution in [2.45, 2.75) is 38.7 Å². The molecule has 0 aromatic heterocycles. The predicted molar refractivity (Wildman–Crippen MR) is 77.6 cm³/mol.